The van der Waals surface area contributed by atoms with E-state index >= 15 is 0 Å². The van der Waals surface area contributed by atoms with Crippen LogP contribution in [0.1, 0.15) is 69.2 Å². The highest BCUT2D eigenvalue weighted by Gasteiger charge is 2.10. The maximum Gasteiger partial charge on any atom is 0.327 e. The minimum atomic E-state index is -0.296. The lowest BCUT2D eigenvalue weighted by molar-refractivity contribution is 0.162. The van der Waals surface area contributed by atoms with E-state index in [4.69, 9.17) is 36.4 Å². The summed E-state index contributed by atoms with van der Waals surface area (Å²) in [6.07, 6.45) is 6.89. The van der Waals surface area contributed by atoms with Crippen LogP contribution in [-0.4, -0.2) is 70.9 Å². The number of rotatable bonds is 15. The smallest absolute Gasteiger partial charge is 0.327 e. The second-order valence-corrected chi connectivity index (χ2v) is 8.80. The Morgan fingerprint density at radius 1 is 0.929 bits per heavy atom. The second kappa shape index (κ2) is 33.6. The van der Waals surface area contributed by atoms with Gasteiger partial charge in [-0.25, -0.2) is 14.1 Å². The summed E-state index contributed by atoms with van der Waals surface area (Å²) in [6.45, 7) is 16.7. The Balaban J connectivity index is -0.000000276. The lowest BCUT2D eigenvalue weighted by Crippen LogP contribution is -2.02. The molecule has 0 radical (unpaired) electrons. The third-order valence-electron chi connectivity index (χ3n) is 4.43. The first-order chi connectivity index (χ1) is 19.2. The van der Waals surface area contributed by atoms with E-state index in [0.717, 1.165) is 37.6 Å². The summed E-state index contributed by atoms with van der Waals surface area (Å²) >= 11 is 5.96. The molecule has 2 aromatic rings. The summed E-state index contributed by atoms with van der Waals surface area (Å²) in [4.78, 5) is 12.2. The number of imidazole rings is 1. The summed E-state index contributed by atoms with van der Waals surface area (Å²) in [7, 11) is -0.577. The highest BCUT2D eigenvalue weighted by molar-refractivity contribution is 7.17. The quantitative estimate of drug-likeness (QED) is 0.0845. The molecule has 15 heteroatoms. The lowest BCUT2D eigenvalue weighted by atomic mass is 10.2. The molecule has 0 unspecified atom stereocenters. The number of allylic oxidation sites excluding steroid dienone is 1. The number of aliphatic hydroxyl groups excluding tert-OH is 1. The van der Waals surface area contributed by atoms with Crippen molar-refractivity contribution in [2.75, 3.05) is 52.0 Å². The van der Waals surface area contributed by atoms with Gasteiger partial charge in [0.1, 0.15) is 5.52 Å². The minimum Gasteiger partial charge on any atom is -0.392 e. The molecule has 0 aliphatic rings. The Hall–Kier alpha value is -1.88. The number of hydrogen-bond donors (Lipinski definition) is 2. The molecule has 0 atom stereocenters. The average molecular weight is 656 g/mol. The van der Waals surface area contributed by atoms with Crippen molar-refractivity contribution >= 4 is 46.1 Å². The van der Waals surface area contributed by atoms with Crippen LogP contribution in [0.4, 0.5) is 5.95 Å². The number of anilines is 1. The van der Waals surface area contributed by atoms with E-state index in [1.807, 2.05) is 58.3 Å². The fourth-order valence-electron chi connectivity index (χ4n) is 2.64. The van der Waals surface area contributed by atoms with Gasteiger partial charge < -0.3 is 24.9 Å². The molecule has 2 heterocycles. The molecular formula is C27H52ClN5O7P2. The predicted octanol–water partition coefficient (Wildman–Crippen LogP) is 7.52. The maximum absolute atomic E-state index is 10.1. The van der Waals surface area contributed by atoms with Gasteiger partial charge in [0.2, 0.25) is 5.95 Å². The van der Waals surface area contributed by atoms with Gasteiger partial charge in [-0.3, -0.25) is 9.05 Å². The van der Waals surface area contributed by atoms with Crippen LogP contribution in [-0.2, 0) is 34.2 Å². The average Bonchev–Trinajstić information content (AvgIpc) is 3.33. The second-order valence-electron chi connectivity index (χ2n) is 7.63. The zero-order chi connectivity index (χ0) is 30.6. The number of aliphatic hydroxyl groups is 1. The Morgan fingerprint density at radius 3 is 1.81 bits per heavy atom. The molecule has 0 aromatic carbocycles. The first-order valence-corrected chi connectivity index (χ1v) is 14.7. The Kier molecular flexibility index (Phi) is 37.7. The molecule has 0 aliphatic heterocycles. The summed E-state index contributed by atoms with van der Waals surface area (Å²) in [6, 6.07) is 0. The van der Waals surface area contributed by atoms with Crippen molar-refractivity contribution in [1.29, 1.82) is 0 Å². The van der Waals surface area contributed by atoms with E-state index in [-0.39, 0.29) is 49.9 Å². The highest BCUT2D eigenvalue weighted by Crippen LogP contribution is 2.20. The topological polar surface area (TPSA) is 161 Å². The molecule has 2 rings (SSSR count). The normalized spacial score (nSPS) is 10.9. The number of nitrogen functional groups attached to an aromatic ring is 1. The molecule has 0 bridgehead atoms. The summed E-state index contributed by atoms with van der Waals surface area (Å²) in [5.74, 6) is 0.119. The predicted molar refractivity (Wildman–Crippen MR) is 173 cm³/mol. The van der Waals surface area contributed by atoms with Crippen molar-refractivity contribution in [2.24, 2.45) is 0 Å². The van der Waals surface area contributed by atoms with Crippen LogP contribution in [0.3, 0.4) is 0 Å². The van der Waals surface area contributed by atoms with E-state index in [9.17, 15) is 9.13 Å². The molecule has 3 N–H and O–H groups in total. The third kappa shape index (κ3) is 25.8. The van der Waals surface area contributed by atoms with Crippen LogP contribution >= 0.6 is 29.0 Å². The van der Waals surface area contributed by atoms with Crippen LogP contribution in [0.5, 0.6) is 0 Å². The van der Waals surface area contributed by atoms with Gasteiger partial charge in [-0.1, -0.05) is 49.8 Å². The largest absolute Gasteiger partial charge is 0.392 e. The molecule has 42 heavy (non-hydrogen) atoms. The van der Waals surface area contributed by atoms with E-state index < -0.39 is 0 Å². The first kappa shape index (κ1) is 47.1. The molecule has 0 spiro atoms. The van der Waals surface area contributed by atoms with Gasteiger partial charge in [0.15, 0.2) is 10.8 Å². The minimum absolute atomic E-state index is 0. The SMILES string of the molecule is C.C.C/C(=C/CCOP=O)CO.C/C(=C/CCOP=O)Cn1cnc2c(Cl)nc(N)nc21.CCOCC.CCOCC. The number of ether oxygens (including phenoxy) is 2. The number of fused-ring (bicyclic) bond motifs is 1. The number of halogens is 1. The molecule has 0 amide bonds. The molecule has 0 saturated carbocycles. The number of nitrogens with two attached hydrogens (primary N) is 1. The van der Waals surface area contributed by atoms with Crippen molar-refractivity contribution in [3.63, 3.8) is 0 Å². The van der Waals surface area contributed by atoms with E-state index in [1.54, 1.807) is 6.33 Å². The maximum atomic E-state index is 10.1. The Morgan fingerprint density at radius 2 is 1.40 bits per heavy atom. The standard InChI is InChI=1S/C11H13ClN5O2P.C6H11O3P.2C4H10O.2CH4/c1-7(3-2-4-19-20-18)5-17-6-14-8-9(12)15-11(13)16-10(8)17;1-6(5-7)3-2-4-9-10-8;2*1-3-5-4-2;;/h3,6H,2,4-5H2,1H3,(H2,13,15,16);3,7H,2,4-5H2,1H3;2*3-4H2,1-2H3;2*1H4/b7-3-;6-3-;;;;. The summed E-state index contributed by atoms with van der Waals surface area (Å²) < 4.78 is 40.6. The number of nitrogens with zero attached hydrogens (tertiary/aromatic N) is 4. The Bertz CT molecular complexity index is 985. The molecule has 0 fully saturated rings. The van der Waals surface area contributed by atoms with Crippen molar-refractivity contribution in [2.45, 2.75) is 75.8 Å². The van der Waals surface area contributed by atoms with E-state index in [1.165, 1.54) is 0 Å². The summed E-state index contributed by atoms with van der Waals surface area (Å²) in [5.41, 5.74) is 8.73. The zero-order valence-electron chi connectivity index (χ0n) is 24.3. The fourth-order valence-corrected chi connectivity index (χ4v) is 3.22. The number of hydrogen-bond acceptors (Lipinski definition) is 11. The van der Waals surface area contributed by atoms with Crippen LogP contribution < -0.4 is 5.73 Å². The van der Waals surface area contributed by atoms with Crippen LogP contribution in [0.2, 0.25) is 5.15 Å². The van der Waals surface area contributed by atoms with Crippen molar-refractivity contribution < 1.29 is 32.8 Å². The van der Waals surface area contributed by atoms with Gasteiger partial charge in [-0.2, -0.15) is 9.97 Å². The fraction of sp³-hybridized carbons (Fsp3) is 0.667. The van der Waals surface area contributed by atoms with Crippen molar-refractivity contribution in [3.8, 4) is 0 Å². The highest BCUT2D eigenvalue weighted by atomic mass is 35.5. The third-order valence-corrected chi connectivity index (χ3v) is 5.27. The zero-order valence-corrected chi connectivity index (χ0v) is 26.9. The van der Waals surface area contributed by atoms with Gasteiger partial charge in [0.25, 0.3) is 0 Å². The molecule has 244 valence electrons. The Labute approximate surface area is 260 Å². The molecule has 0 saturated heterocycles. The molecule has 2 aromatic heterocycles. The molecule has 12 nitrogen and oxygen atoms in total. The van der Waals surface area contributed by atoms with E-state index in [0.29, 0.717) is 43.8 Å². The first-order valence-electron chi connectivity index (χ1n) is 12.9. The number of aromatic nitrogens is 4. The van der Waals surface area contributed by atoms with E-state index in [2.05, 4.69) is 19.5 Å². The van der Waals surface area contributed by atoms with Crippen LogP contribution in [0.15, 0.2) is 29.6 Å². The van der Waals surface area contributed by atoms with Gasteiger partial charge in [0, 0.05) is 33.0 Å². The summed E-state index contributed by atoms with van der Waals surface area (Å²) in [5, 5.41) is 8.76. The van der Waals surface area contributed by atoms with Gasteiger partial charge in [0.05, 0.1) is 26.1 Å². The van der Waals surface area contributed by atoms with Crippen LogP contribution in [0, 0.1) is 0 Å². The van der Waals surface area contributed by atoms with Gasteiger partial charge >= 0.3 is 17.4 Å². The monoisotopic (exact) mass is 655 g/mol. The van der Waals surface area contributed by atoms with Gasteiger partial charge in [-0.15, -0.1) is 0 Å². The van der Waals surface area contributed by atoms with Crippen molar-refractivity contribution in [3.05, 3.63) is 34.8 Å². The van der Waals surface area contributed by atoms with Crippen LogP contribution in [0.25, 0.3) is 11.2 Å². The molecular weight excluding hydrogens is 604 g/mol. The van der Waals surface area contributed by atoms with Gasteiger partial charge in [-0.05, 0) is 54.4 Å². The van der Waals surface area contributed by atoms with Crippen molar-refractivity contribution in [1.82, 2.24) is 19.5 Å². The molecule has 0 aliphatic carbocycles. The lowest BCUT2D eigenvalue weighted by Gasteiger charge is -2.04.